The highest BCUT2D eigenvalue weighted by Gasteiger charge is 2.42. The van der Waals surface area contributed by atoms with Gasteiger partial charge in [0.25, 0.3) is 0 Å². The highest BCUT2D eigenvalue weighted by Crippen LogP contribution is 2.43. The molecule has 4 heterocycles. The number of rotatable bonds is 4. The fourth-order valence-corrected chi connectivity index (χ4v) is 5.91. The molecule has 1 aliphatic heterocycles. The number of carbonyl (C=O) groups excluding carboxylic acids is 1. The van der Waals surface area contributed by atoms with E-state index in [2.05, 4.69) is 38.8 Å². The number of anilines is 1. The third-order valence-corrected chi connectivity index (χ3v) is 7.72. The lowest BCUT2D eigenvalue weighted by atomic mass is 10.1. The van der Waals surface area contributed by atoms with E-state index in [0.717, 1.165) is 42.9 Å². The monoisotopic (exact) mass is 622 g/mol. The normalized spacial score (nSPS) is 14.5. The van der Waals surface area contributed by atoms with E-state index in [1.807, 2.05) is 12.3 Å². The quantitative estimate of drug-likeness (QED) is 0.295. The van der Waals surface area contributed by atoms with Crippen molar-refractivity contribution in [3.8, 4) is 16.2 Å². The maximum Gasteiger partial charge on any atom is 0.490 e. The van der Waals surface area contributed by atoms with Gasteiger partial charge in [0, 0.05) is 49.4 Å². The van der Waals surface area contributed by atoms with Crippen LogP contribution in [0.15, 0.2) is 30.7 Å². The molecule has 43 heavy (non-hydrogen) atoms. The van der Waals surface area contributed by atoms with Crippen LogP contribution < -0.4 is 10.5 Å². The number of nitrogens with zero attached hydrogens (tertiary/aromatic N) is 5. The molecular formula is C28H33F3N6O5S. The maximum absolute atomic E-state index is 11.5. The van der Waals surface area contributed by atoms with E-state index in [0.29, 0.717) is 38.5 Å². The van der Waals surface area contributed by atoms with Crippen molar-refractivity contribution in [2.75, 3.05) is 39.0 Å². The number of benzene rings is 1. The van der Waals surface area contributed by atoms with Crippen LogP contribution in [0.3, 0.4) is 0 Å². The number of nitrogens with two attached hydrogens (primary N) is 1. The van der Waals surface area contributed by atoms with E-state index in [1.165, 1.54) is 32.0 Å². The summed E-state index contributed by atoms with van der Waals surface area (Å²) in [6, 6.07) is 6.37. The fraction of sp³-hybridized carbons (Fsp3) is 0.429. The summed E-state index contributed by atoms with van der Waals surface area (Å²) in [7, 11) is 1.69. The van der Waals surface area contributed by atoms with E-state index < -0.39 is 23.8 Å². The van der Waals surface area contributed by atoms with Gasteiger partial charge in [-0.2, -0.15) is 18.3 Å². The van der Waals surface area contributed by atoms with Crippen LogP contribution in [-0.4, -0.2) is 86.6 Å². The minimum absolute atomic E-state index is 0.428. The van der Waals surface area contributed by atoms with Crippen LogP contribution in [0.2, 0.25) is 0 Å². The lowest BCUT2D eigenvalue weighted by Gasteiger charge is -2.33. The number of piperazine rings is 1. The number of thiophene rings is 1. The third-order valence-electron chi connectivity index (χ3n) is 6.54. The number of amides is 1. The Morgan fingerprint density at radius 3 is 2.35 bits per heavy atom. The number of hydrogen-bond acceptors (Lipinski definition) is 9. The number of alkyl halides is 3. The number of nitrogen functional groups attached to an aromatic ring is 1. The van der Waals surface area contributed by atoms with Crippen LogP contribution in [0.5, 0.6) is 5.75 Å². The van der Waals surface area contributed by atoms with Crippen LogP contribution in [0.1, 0.15) is 31.9 Å². The molecule has 1 amide bonds. The summed E-state index contributed by atoms with van der Waals surface area (Å²) in [5.41, 5.74) is 9.23. The zero-order chi connectivity index (χ0) is 31.7. The van der Waals surface area contributed by atoms with Gasteiger partial charge in [0.05, 0.1) is 11.8 Å². The molecule has 0 saturated carbocycles. The molecule has 1 saturated heterocycles. The average Bonchev–Trinajstić information content (AvgIpc) is 3.49. The maximum atomic E-state index is 11.5. The Labute approximate surface area is 249 Å². The van der Waals surface area contributed by atoms with E-state index in [4.69, 9.17) is 10.5 Å². The summed E-state index contributed by atoms with van der Waals surface area (Å²) in [4.78, 5) is 30.4. The summed E-state index contributed by atoms with van der Waals surface area (Å²) in [5, 5.41) is 14.7. The molecule has 1 fully saturated rings. The second-order valence-corrected chi connectivity index (χ2v) is 12.1. The van der Waals surface area contributed by atoms with Crippen LogP contribution in [0.4, 0.5) is 23.8 Å². The van der Waals surface area contributed by atoms with E-state index >= 15 is 0 Å². The molecule has 11 nitrogen and oxygen atoms in total. The van der Waals surface area contributed by atoms with Gasteiger partial charge in [0.1, 0.15) is 23.2 Å². The molecule has 1 aromatic carbocycles. The molecule has 232 valence electrons. The number of methoxy groups -OCH3 is 1. The summed E-state index contributed by atoms with van der Waals surface area (Å²) in [5.74, 6) is -0.863. The Morgan fingerprint density at radius 1 is 1.12 bits per heavy atom. The molecular weight excluding hydrogens is 589 g/mol. The highest BCUT2D eigenvalue weighted by atomic mass is 32.1. The first-order valence-corrected chi connectivity index (χ1v) is 14.1. The molecule has 0 aliphatic carbocycles. The van der Waals surface area contributed by atoms with Gasteiger partial charge in [-0.05, 0) is 56.3 Å². The Morgan fingerprint density at radius 2 is 1.79 bits per heavy atom. The van der Waals surface area contributed by atoms with Crippen molar-refractivity contribution in [1.82, 2.24) is 24.4 Å². The number of carboxylic acid groups (broad SMARTS) is 1. The molecule has 0 radical (unpaired) electrons. The van der Waals surface area contributed by atoms with Gasteiger partial charge in [0.15, 0.2) is 5.82 Å². The van der Waals surface area contributed by atoms with Gasteiger partial charge >= 0.3 is 18.2 Å². The van der Waals surface area contributed by atoms with E-state index in [9.17, 15) is 27.9 Å². The van der Waals surface area contributed by atoms with Crippen molar-refractivity contribution in [2.24, 2.45) is 0 Å². The molecule has 5 rings (SSSR count). The van der Waals surface area contributed by atoms with E-state index in [1.54, 1.807) is 23.0 Å². The number of ether oxygens (including phenoxy) is 2. The largest absolute Gasteiger partial charge is 0.495 e. The zero-order valence-electron chi connectivity index (χ0n) is 24.4. The van der Waals surface area contributed by atoms with Crippen molar-refractivity contribution in [3.63, 3.8) is 0 Å². The molecule has 1 aliphatic rings. The Balaban J connectivity index is 0.000000330. The SMILES string of the molecule is CC(C)(C)OC(=O)C(F)(F)F.COc1cc(C)cc2cc(-c3c(CN4CCN(C(=O)O)CC4)cn4ncnc(N)c34)sc12. The fourth-order valence-electron chi connectivity index (χ4n) is 4.69. The Kier molecular flexibility index (Phi) is 9.06. The smallest absolute Gasteiger partial charge is 0.490 e. The van der Waals surface area contributed by atoms with Gasteiger partial charge in [-0.15, -0.1) is 11.3 Å². The number of hydrogen-bond donors (Lipinski definition) is 2. The summed E-state index contributed by atoms with van der Waals surface area (Å²) < 4.78 is 47.1. The number of aromatic nitrogens is 3. The van der Waals surface area contributed by atoms with Crippen molar-refractivity contribution in [2.45, 2.75) is 46.0 Å². The number of halogens is 3. The molecule has 0 atom stereocenters. The average molecular weight is 623 g/mol. The van der Waals surface area contributed by atoms with Crippen molar-refractivity contribution >= 4 is 44.8 Å². The topological polar surface area (TPSA) is 136 Å². The molecule has 0 spiro atoms. The van der Waals surface area contributed by atoms with Gasteiger partial charge in [-0.1, -0.05) is 6.07 Å². The first kappa shape index (κ1) is 31.8. The minimum Gasteiger partial charge on any atom is -0.495 e. The third kappa shape index (κ3) is 7.46. The second-order valence-electron chi connectivity index (χ2n) is 11.0. The summed E-state index contributed by atoms with van der Waals surface area (Å²) in [6.07, 6.45) is -2.30. The number of aryl methyl sites for hydroxylation is 1. The number of carbonyl (C=O) groups is 2. The predicted octanol–water partition coefficient (Wildman–Crippen LogP) is 5.20. The van der Waals surface area contributed by atoms with Gasteiger partial charge in [0.2, 0.25) is 0 Å². The lowest BCUT2D eigenvalue weighted by Crippen LogP contribution is -2.47. The first-order valence-electron chi connectivity index (χ1n) is 13.3. The first-order chi connectivity index (χ1) is 20.1. The Hall–Kier alpha value is -4.11. The van der Waals surface area contributed by atoms with Crippen molar-refractivity contribution in [3.05, 3.63) is 41.9 Å². The van der Waals surface area contributed by atoms with Crippen LogP contribution >= 0.6 is 11.3 Å². The van der Waals surface area contributed by atoms with Crippen molar-refractivity contribution in [1.29, 1.82) is 0 Å². The van der Waals surface area contributed by atoms with Gasteiger partial charge in [-0.25, -0.2) is 19.1 Å². The Bertz CT molecular complexity index is 1640. The van der Waals surface area contributed by atoms with Gasteiger partial charge < -0.3 is 25.2 Å². The molecule has 3 aromatic heterocycles. The highest BCUT2D eigenvalue weighted by molar-refractivity contribution is 7.22. The molecule has 4 aromatic rings. The lowest BCUT2D eigenvalue weighted by molar-refractivity contribution is -0.210. The van der Waals surface area contributed by atoms with E-state index in [-0.39, 0.29) is 0 Å². The molecule has 3 N–H and O–H groups in total. The predicted molar refractivity (Wildman–Crippen MR) is 156 cm³/mol. The zero-order valence-corrected chi connectivity index (χ0v) is 25.2. The van der Waals surface area contributed by atoms with Crippen LogP contribution in [-0.2, 0) is 16.1 Å². The summed E-state index contributed by atoms with van der Waals surface area (Å²) in [6.45, 7) is 9.21. The summed E-state index contributed by atoms with van der Waals surface area (Å²) >= 11 is 1.67. The molecule has 15 heteroatoms. The number of fused-ring (bicyclic) bond motifs is 2. The molecule has 0 unspecified atom stereocenters. The standard InChI is InChI=1S/C22H24N6O3S.C6H9F3O2/c1-13-7-14-9-17(32-20(14)16(8-13)31-2)18-15(11-28-19(18)21(23)24-12-25-28)10-26-3-5-27(6-4-26)22(29)30;1-5(2,3)11-4(10)6(7,8)9/h7-9,11-12H,3-6,10H2,1-2H3,(H,29,30)(H2,23,24,25);1-3H3. The van der Waals surface area contributed by atoms with Gasteiger partial charge in [-0.3, -0.25) is 4.90 Å². The van der Waals surface area contributed by atoms with Crippen LogP contribution in [0, 0.1) is 6.92 Å². The number of esters is 1. The second kappa shape index (κ2) is 12.2. The van der Waals surface area contributed by atoms with Crippen molar-refractivity contribution < 1.29 is 37.3 Å². The minimum atomic E-state index is -4.90. The van der Waals surface area contributed by atoms with Crippen LogP contribution in [0.25, 0.3) is 26.0 Å². The molecule has 0 bridgehead atoms.